The number of carbonyl (C=O) groups is 2. The van der Waals surface area contributed by atoms with Crippen molar-refractivity contribution in [3.63, 3.8) is 0 Å². The molecule has 0 saturated carbocycles. The zero-order valence-corrected chi connectivity index (χ0v) is 16.9. The summed E-state index contributed by atoms with van der Waals surface area (Å²) in [6, 6.07) is 8.55. The Morgan fingerprint density at radius 1 is 1.35 bits per heavy atom. The lowest BCUT2D eigenvalue weighted by atomic mass is 10.1. The van der Waals surface area contributed by atoms with Crippen molar-refractivity contribution >= 4 is 23.6 Å². The Morgan fingerprint density at radius 3 is 2.65 bits per heavy atom. The largest absolute Gasteiger partial charge is 0.350 e. The number of hydrogen-bond donors (Lipinski definition) is 1. The average Bonchev–Trinajstić information content (AvgIpc) is 3.10. The summed E-state index contributed by atoms with van der Waals surface area (Å²) in [4.78, 5) is 28.7. The van der Waals surface area contributed by atoms with E-state index in [-0.39, 0.29) is 22.7 Å². The number of benzene rings is 1. The van der Waals surface area contributed by atoms with Crippen LogP contribution in [0.5, 0.6) is 0 Å². The van der Waals surface area contributed by atoms with Gasteiger partial charge in [0.1, 0.15) is 6.04 Å². The number of rotatable bonds is 6. The molecule has 0 bridgehead atoms. The SMILES string of the molecule is CC(C)N(C)Cc1ccc(CNC(=O)[C@H]2CS[C@]3(C)CCC(=O)N23)cc1. The first kappa shape index (κ1) is 19.2. The number of carbonyl (C=O) groups excluding carboxylic acids is 2. The number of amides is 2. The van der Waals surface area contributed by atoms with Crippen LogP contribution in [0.15, 0.2) is 24.3 Å². The van der Waals surface area contributed by atoms with Crippen molar-refractivity contribution in [2.24, 2.45) is 0 Å². The van der Waals surface area contributed by atoms with E-state index >= 15 is 0 Å². The van der Waals surface area contributed by atoms with E-state index in [9.17, 15) is 9.59 Å². The van der Waals surface area contributed by atoms with Gasteiger partial charge in [-0.15, -0.1) is 11.8 Å². The third kappa shape index (κ3) is 3.91. The van der Waals surface area contributed by atoms with E-state index in [1.807, 2.05) is 0 Å². The summed E-state index contributed by atoms with van der Waals surface area (Å²) in [5.41, 5.74) is 2.34. The zero-order chi connectivity index (χ0) is 18.9. The highest BCUT2D eigenvalue weighted by Crippen LogP contribution is 2.47. The first-order valence-corrected chi connectivity index (χ1v) is 10.3. The molecular weight excluding hydrogens is 346 g/mol. The van der Waals surface area contributed by atoms with Crippen molar-refractivity contribution in [1.29, 1.82) is 0 Å². The van der Waals surface area contributed by atoms with Crippen molar-refractivity contribution in [3.05, 3.63) is 35.4 Å². The maximum atomic E-state index is 12.6. The van der Waals surface area contributed by atoms with Crippen molar-refractivity contribution in [3.8, 4) is 0 Å². The van der Waals surface area contributed by atoms with Gasteiger partial charge in [0.25, 0.3) is 0 Å². The lowest BCUT2D eigenvalue weighted by Gasteiger charge is -2.29. The summed E-state index contributed by atoms with van der Waals surface area (Å²) in [6.07, 6.45) is 1.39. The minimum absolute atomic E-state index is 0.0416. The van der Waals surface area contributed by atoms with Crippen molar-refractivity contribution in [2.75, 3.05) is 12.8 Å². The second-order valence-corrected chi connectivity index (χ2v) is 9.31. The maximum Gasteiger partial charge on any atom is 0.243 e. The molecule has 2 fully saturated rings. The van der Waals surface area contributed by atoms with E-state index in [0.29, 0.717) is 24.8 Å². The van der Waals surface area contributed by atoms with Crippen molar-refractivity contribution < 1.29 is 9.59 Å². The van der Waals surface area contributed by atoms with Gasteiger partial charge in [0.2, 0.25) is 11.8 Å². The maximum absolute atomic E-state index is 12.6. The molecule has 2 saturated heterocycles. The first-order chi connectivity index (χ1) is 12.3. The van der Waals surface area contributed by atoms with Gasteiger partial charge < -0.3 is 10.2 Å². The first-order valence-electron chi connectivity index (χ1n) is 9.32. The van der Waals surface area contributed by atoms with E-state index in [1.54, 1.807) is 16.7 Å². The fourth-order valence-corrected chi connectivity index (χ4v) is 4.99. The Labute approximate surface area is 160 Å². The molecule has 1 N–H and O–H groups in total. The zero-order valence-electron chi connectivity index (χ0n) is 16.1. The Kier molecular flexibility index (Phi) is 5.63. The quantitative estimate of drug-likeness (QED) is 0.830. The van der Waals surface area contributed by atoms with Crippen LogP contribution in [-0.4, -0.2) is 51.4 Å². The van der Waals surface area contributed by atoms with Gasteiger partial charge in [-0.3, -0.25) is 14.5 Å². The molecule has 0 spiro atoms. The van der Waals surface area contributed by atoms with Gasteiger partial charge in [0.05, 0.1) is 4.87 Å². The summed E-state index contributed by atoms with van der Waals surface area (Å²) in [6.45, 7) is 7.85. The van der Waals surface area contributed by atoms with Gasteiger partial charge in [0, 0.05) is 31.3 Å². The summed E-state index contributed by atoms with van der Waals surface area (Å²) in [5, 5.41) is 3.01. The summed E-state index contributed by atoms with van der Waals surface area (Å²) >= 11 is 1.73. The Hall–Kier alpha value is -1.53. The van der Waals surface area contributed by atoms with Gasteiger partial charge >= 0.3 is 0 Å². The van der Waals surface area contributed by atoms with Crippen LogP contribution in [0.1, 0.15) is 44.7 Å². The lowest BCUT2D eigenvalue weighted by molar-refractivity contribution is -0.138. The Bertz CT molecular complexity index is 676. The number of fused-ring (bicyclic) bond motifs is 1. The summed E-state index contributed by atoms with van der Waals surface area (Å²) < 4.78 is 0. The molecule has 0 unspecified atom stereocenters. The van der Waals surface area contributed by atoms with Crippen LogP contribution in [0, 0.1) is 0 Å². The molecular formula is C20H29N3O2S. The van der Waals surface area contributed by atoms with Crippen molar-refractivity contribution in [2.45, 2.75) is 63.7 Å². The predicted molar refractivity (Wildman–Crippen MR) is 106 cm³/mol. The van der Waals surface area contributed by atoms with Crippen LogP contribution in [0.3, 0.4) is 0 Å². The molecule has 2 aliphatic rings. The molecule has 0 aliphatic carbocycles. The van der Waals surface area contributed by atoms with Gasteiger partial charge in [0.15, 0.2) is 0 Å². The molecule has 142 valence electrons. The number of thioether (sulfide) groups is 1. The van der Waals surface area contributed by atoms with Crippen LogP contribution in [0.2, 0.25) is 0 Å². The molecule has 2 aliphatic heterocycles. The van der Waals surface area contributed by atoms with Crippen LogP contribution in [-0.2, 0) is 22.7 Å². The highest BCUT2D eigenvalue weighted by molar-refractivity contribution is 8.01. The second kappa shape index (κ2) is 7.61. The molecule has 0 radical (unpaired) electrons. The Morgan fingerprint density at radius 2 is 2.00 bits per heavy atom. The summed E-state index contributed by atoms with van der Waals surface area (Å²) in [5.74, 6) is 0.755. The molecule has 2 amide bonds. The van der Waals surface area contributed by atoms with Gasteiger partial charge in [-0.2, -0.15) is 0 Å². The highest BCUT2D eigenvalue weighted by atomic mass is 32.2. The van der Waals surface area contributed by atoms with Crippen molar-refractivity contribution in [1.82, 2.24) is 15.1 Å². The standard InChI is InChI=1S/C20H29N3O2S/c1-14(2)22(4)12-16-7-5-15(6-8-16)11-21-19(25)17-13-26-20(3)10-9-18(24)23(17)20/h5-8,14,17H,9-13H2,1-4H3,(H,21,25)/t17-,20-/m1/s1. The fourth-order valence-electron chi connectivity index (χ4n) is 3.55. The number of nitrogens with zero attached hydrogens (tertiary/aromatic N) is 2. The Balaban J connectivity index is 1.54. The molecule has 0 aromatic heterocycles. The molecule has 1 aromatic rings. The van der Waals surface area contributed by atoms with Gasteiger partial charge in [-0.05, 0) is 45.4 Å². The van der Waals surface area contributed by atoms with Crippen LogP contribution >= 0.6 is 11.8 Å². The molecule has 3 rings (SSSR count). The number of hydrogen-bond acceptors (Lipinski definition) is 4. The van der Waals surface area contributed by atoms with Gasteiger partial charge in [-0.1, -0.05) is 24.3 Å². The lowest BCUT2D eigenvalue weighted by Crippen LogP contribution is -2.49. The van der Waals surface area contributed by atoms with E-state index in [0.717, 1.165) is 18.5 Å². The van der Waals surface area contributed by atoms with E-state index < -0.39 is 0 Å². The molecule has 2 heterocycles. The highest BCUT2D eigenvalue weighted by Gasteiger charge is 2.52. The van der Waals surface area contributed by atoms with E-state index in [2.05, 4.69) is 62.3 Å². The summed E-state index contributed by atoms with van der Waals surface area (Å²) in [7, 11) is 2.12. The normalized spacial score (nSPS) is 25.2. The fraction of sp³-hybridized carbons (Fsp3) is 0.600. The number of nitrogens with one attached hydrogen (secondary N) is 1. The van der Waals surface area contributed by atoms with Crippen LogP contribution in [0.25, 0.3) is 0 Å². The average molecular weight is 376 g/mol. The molecule has 1 aromatic carbocycles. The minimum Gasteiger partial charge on any atom is -0.350 e. The second-order valence-electron chi connectivity index (χ2n) is 7.81. The molecule has 26 heavy (non-hydrogen) atoms. The van der Waals surface area contributed by atoms with Crippen LogP contribution < -0.4 is 5.32 Å². The monoisotopic (exact) mass is 375 g/mol. The van der Waals surface area contributed by atoms with Gasteiger partial charge in [-0.25, -0.2) is 0 Å². The third-order valence-electron chi connectivity index (χ3n) is 5.55. The van der Waals surface area contributed by atoms with Crippen LogP contribution in [0.4, 0.5) is 0 Å². The predicted octanol–water partition coefficient (Wildman–Crippen LogP) is 2.60. The third-order valence-corrected chi connectivity index (χ3v) is 7.06. The molecule has 5 nitrogen and oxygen atoms in total. The smallest absolute Gasteiger partial charge is 0.243 e. The van der Waals surface area contributed by atoms with E-state index in [1.165, 1.54) is 5.56 Å². The topological polar surface area (TPSA) is 52.7 Å². The minimum atomic E-state index is -0.334. The molecule has 2 atom stereocenters. The molecule has 6 heteroatoms. The van der Waals surface area contributed by atoms with E-state index in [4.69, 9.17) is 0 Å².